The van der Waals surface area contributed by atoms with Gasteiger partial charge < -0.3 is 10.2 Å². The predicted molar refractivity (Wildman–Crippen MR) is 132 cm³/mol. The van der Waals surface area contributed by atoms with E-state index in [0.29, 0.717) is 5.11 Å². The van der Waals surface area contributed by atoms with E-state index in [9.17, 15) is 0 Å². The Labute approximate surface area is 184 Å². The van der Waals surface area contributed by atoms with Crippen LogP contribution in [-0.4, -0.2) is 17.9 Å². The van der Waals surface area contributed by atoms with Crippen molar-refractivity contribution in [2.45, 2.75) is 27.3 Å². The van der Waals surface area contributed by atoms with Crippen molar-refractivity contribution in [3.63, 3.8) is 0 Å². The Bertz CT molecular complexity index is 997. The van der Waals surface area contributed by atoms with Gasteiger partial charge in [0.15, 0.2) is 5.11 Å². The van der Waals surface area contributed by atoms with Crippen LogP contribution in [0.1, 0.15) is 29.2 Å². The fourth-order valence-corrected chi connectivity index (χ4v) is 3.39. The molecule has 0 amide bonds. The Balaban J connectivity index is 1.55. The quantitative estimate of drug-likeness (QED) is 0.297. The van der Waals surface area contributed by atoms with Crippen molar-refractivity contribution in [1.29, 1.82) is 0 Å². The molecule has 0 aliphatic rings. The number of thiocarbonyl (C=S) groups is 1. The monoisotopic (exact) mass is 416 g/mol. The van der Waals surface area contributed by atoms with Crippen molar-refractivity contribution in [2.75, 3.05) is 16.8 Å². The zero-order valence-corrected chi connectivity index (χ0v) is 18.5. The molecule has 0 unspecified atom stereocenters. The topological polar surface area (TPSA) is 39.7 Å². The van der Waals surface area contributed by atoms with E-state index in [1.54, 1.807) is 6.21 Å². The molecule has 0 aliphatic heterocycles. The first-order valence-corrected chi connectivity index (χ1v) is 10.5. The lowest BCUT2D eigenvalue weighted by Crippen LogP contribution is -2.24. The fraction of sp³-hybridized carbons (Fsp3) is 0.200. The summed E-state index contributed by atoms with van der Waals surface area (Å²) in [6, 6.07) is 25.1. The summed E-state index contributed by atoms with van der Waals surface area (Å²) in [5, 5.41) is 7.90. The Morgan fingerprint density at radius 2 is 1.73 bits per heavy atom. The van der Waals surface area contributed by atoms with Gasteiger partial charge in [-0.3, -0.25) is 5.43 Å². The van der Waals surface area contributed by atoms with Crippen molar-refractivity contribution >= 4 is 34.9 Å². The van der Waals surface area contributed by atoms with E-state index < -0.39 is 0 Å². The van der Waals surface area contributed by atoms with Crippen molar-refractivity contribution in [1.82, 2.24) is 5.43 Å². The lowest BCUT2D eigenvalue weighted by molar-refractivity contribution is 0.832. The molecule has 3 aromatic rings. The van der Waals surface area contributed by atoms with E-state index in [1.165, 1.54) is 16.8 Å². The molecule has 0 bridgehead atoms. The van der Waals surface area contributed by atoms with Gasteiger partial charge in [0.05, 0.1) is 6.21 Å². The first-order valence-electron chi connectivity index (χ1n) is 10.1. The van der Waals surface area contributed by atoms with Gasteiger partial charge in [0.25, 0.3) is 0 Å². The summed E-state index contributed by atoms with van der Waals surface area (Å²) in [4.78, 5) is 2.34. The molecule has 0 aromatic heterocycles. The van der Waals surface area contributed by atoms with Crippen LogP contribution in [0.3, 0.4) is 0 Å². The third-order valence-electron chi connectivity index (χ3n) is 4.87. The predicted octanol–water partition coefficient (Wildman–Crippen LogP) is 5.65. The minimum atomic E-state index is 0.467. The van der Waals surface area contributed by atoms with Crippen molar-refractivity contribution in [3.8, 4) is 0 Å². The van der Waals surface area contributed by atoms with Crippen molar-refractivity contribution in [2.24, 2.45) is 5.10 Å². The molecule has 30 heavy (non-hydrogen) atoms. The van der Waals surface area contributed by atoms with Gasteiger partial charge in [0.1, 0.15) is 0 Å². The van der Waals surface area contributed by atoms with Gasteiger partial charge in [-0.2, -0.15) is 5.10 Å². The average Bonchev–Trinajstić information content (AvgIpc) is 2.75. The van der Waals surface area contributed by atoms with E-state index in [-0.39, 0.29) is 0 Å². The van der Waals surface area contributed by atoms with Crippen LogP contribution in [0.2, 0.25) is 0 Å². The maximum absolute atomic E-state index is 5.33. The summed E-state index contributed by atoms with van der Waals surface area (Å²) in [6.07, 6.45) is 1.77. The average molecular weight is 417 g/mol. The van der Waals surface area contributed by atoms with Crippen molar-refractivity contribution < 1.29 is 0 Å². The summed E-state index contributed by atoms with van der Waals surface area (Å²) in [5.41, 5.74) is 9.75. The van der Waals surface area contributed by atoms with E-state index in [1.807, 2.05) is 12.1 Å². The second-order valence-electron chi connectivity index (χ2n) is 7.23. The van der Waals surface area contributed by atoms with Gasteiger partial charge in [-0.05, 0) is 67.9 Å². The molecule has 0 spiro atoms. The maximum atomic E-state index is 5.33. The number of hydrogen-bond donors (Lipinski definition) is 2. The molecular weight excluding hydrogens is 388 g/mol. The molecule has 2 N–H and O–H groups in total. The lowest BCUT2D eigenvalue weighted by Gasteiger charge is -2.23. The maximum Gasteiger partial charge on any atom is 0.191 e. The summed E-state index contributed by atoms with van der Waals surface area (Å²) < 4.78 is 0. The summed E-state index contributed by atoms with van der Waals surface area (Å²) in [6.45, 7) is 8.14. The van der Waals surface area contributed by atoms with Gasteiger partial charge >= 0.3 is 0 Å². The molecule has 154 valence electrons. The molecule has 0 atom stereocenters. The van der Waals surface area contributed by atoms with Gasteiger partial charge in [0, 0.05) is 24.5 Å². The fourth-order valence-electron chi connectivity index (χ4n) is 3.23. The zero-order valence-electron chi connectivity index (χ0n) is 17.7. The Kier molecular flexibility index (Phi) is 7.57. The first-order chi connectivity index (χ1) is 14.5. The number of hydrogen-bond acceptors (Lipinski definition) is 3. The highest BCUT2D eigenvalue weighted by molar-refractivity contribution is 7.80. The summed E-state index contributed by atoms with van der Waals surface area (Å²) in [5.74, 6) is 0. The second-order valence-corrected chi connectivity index (χ2v) is 7.64. The SMILES string of the molecule is CCN(Cc1ccccc1)c1ccc(C=NNC(=S)Nc2ccc(C)cc2C)cc1. The molecule has 3 rings (SSSR count). The highest BCUT2D eigenvalue weighted by Crippen LogP contribution is 2.18. The minimum Gasteiger partial charge on any atom is -0.367 e. The van der Waals surface area contributed by atoms with Crippen LogP contribution in [0, 0.1) is 13.8 Å². The summed E-state index contributed by atoms with van der Waals surface area (Å²) >= 11 is 5.33. The van der Waals surface area contributed by atoms with E-state index >= 15 is 0 Å². The Morgan fingerprint density at radius 1 is 1.00 bits per heavy atom. The van der Waals surface area contributed by atoms with Gasteiger partial charge in [-0.15, -0.1) is 0 Å². The van der Waals surface area contributed by atoms with Gasteiger partial charge in [0.2, 0.25) is 0 Å². The molecule has 0 fully saturated rings. The Hall–Kier alpha value is -3.18. The molecule has 3 aromatic carbocycles. The standard InChI is InChI=1S/C25H28N4S/c1-4-29(18-22-8-6-5-7-9-22)23-13-11-21(12-14-23)17-26-28-25(30)27-24-15-10-19(2)16-20(24)3/h5-17H,4,18H2,1-3H3,(H2,27,28,30). The minimum absolute atomic E-state index is 0.467. The smallest absolute Gasteiger partial charge is 0.191 e. The lowest BCUT2D eigenvalue weighted by atomic mass is 10.1. The molecule has 5 heteroatoms. The Morgan fingerprint density at radius 3 is 2.40 bits per heavy atom. The van der Waals surface area contributed by atoms with Gasteiger partial charge in [-0.25, -0.2) is 0 Å². The molecule has 0 aliphatic carbocycles. The number of nitrogens with one attached hydrogen (secondary N) is 2. The van der Waals surface area contributed by atoms with Crippen LogP contribution in [0.5, 0.6) is 0 Å². The van der Waals surface area contributed by atoms with E-state index in [0.717, 1.165) is 29.9 Å². The normalized spacial score (nSPS) is 10.8. The number of aryl methyl sites for hydroxylation is 2. The summed E-state index contributed by atoms with van der Waals surface area (Å²) in [7, 11) is 0. The number of nitrogens with zero attached hydrogens (tertiary/aromatic N) is 2. The number of hydrazone groups is 1. The molecule has 0 radical (unpaired) electrons. The third kappa shape index (κ3) is 6.16. The zero-order chi connectivity index (χ0) is 21.3. The van der Waals surface area contributed by atoms with Crippen LogP contribution in [0.15, 0.2) is 77.9 Å². The molecule has 0 saturated carbocycles. The van der Waals surface area contributed by atoms with Crippen LogP contribution in [0.25, 0.3) is 0 Å². The van der Waals surface area contributed by atoms with Crippen molar-refractivity contribution in [3.05, 3.63) is 95.1 Å². The highest BCUT2D eigenvalue weighted by atomic mass is 32.1. The number of anilines is 2. The molecule has 0 heterocycles. The van der Waals surface area contributed by atoms with Crippen LogP contribution < -0.4 is 15.6 Å². The number of benzene rings is 3. The van der Waals surface area contributed by atoms with Gasteiger partial charge in [-0.1, -0.05) is 60.2 Å². The van der Waals surface area contributed by atoms with Crippen LogP contribution in [-0.2, 0) is 6.54 Å². The highest BCUT2D eigenvalue weighted by Gasteiger charge is 2.05. The first kappa shape index (κ1) is 21.5. The third-order valence-corrected chi connectivity index (χ3v) is 5.06. The van der Waals surface area contributed by atoms with Crippen LogP contribution in [0.4, 0.5) is 11.4 Å². The van der Waals surface area contributed by atoms with E-state index in [2.05, 4.69) is 102 Å². The van der Waals surface area contributed by atoms with E-state index in [4.69, 9.17) is 12.2 Å². The number of rotatable bonds is 7. The largest absolute Gasteiger partial charge is 0.367 e. The van der Waals surface area contributed by atoms with Crippen LogP contribution >= 0.6 is 12.2 Å². The molecule has 4 nitrogen and oxygen atoms in total. The molecular formula is C25H28N4S. The second kappa shape index (κ2) is 10.6. The molecule has 0 saturated heterocycles.